The number of carbonyl (C=O) groups is 1. The van der Waals surface area contributed by atoms with Crippen molar-refractivity contribution in [2.75, 3.05) is 12.5 Å². The lowest BCUT2D eigenvalue weighted by molar-refractivity contribution is -0.139. The molecule has 3 rings (SSSR count). The van der Waals surface area contributed by atoms with Crippen molar-refractivity contribution in [1.82, 2.24) is 4.98 Å². The summed E-state index contributed by atoms with van der Waals surface area (Å²) in [5.74, 6) is -1.67. The highest BCUT2D eigenvalue weighted by Gasteiger charge is 2.38. The number of pyridine rings is 1. The number of nitrogens with zero attached hydrogens (tertiary/aromatic N) is 2. The Labute approximate surface area is 178 Å². The number of hydrogen-bond donors (Lipinski definition) is 1. The minimum absolute atomic E-state index is 0.0498. The number of nitriles is 1. The first kappa shape index (κ1) is 21.0. The van der Waals surface area contributed by atoms with Gasteiger partial charge in [0.1, 0.15) is 22.6 Å². The van der Waals surface area contributed by atoms with E-state index in [9.17, 15) is 10.1 Å². The number of ether oxygens (including phenoxy) is 2. The SMILES string of the molecule is CCOC(=O)C1=C(CCl)OC(N)=C(C#N)C1c1cc2ccc(C)c(C)c2nc1Cl. The molecule has 1 atom stereocenters. The van der Waals surface area contributed by atoms with Crippen molar-refractivity contribution in [1.29, 1.82) is 5.26 Å². The van der Waals surface area contributed by atoms with Gasteiger partial charge in [0.25, 0.3) is 0 Å². The van der Waals surface area contributed by atoms with Gasteiger partial charge in [-0.15, -0.1) is 11.6 Å². The Balaban J connectivity index is 2.31. The third-order valence-electron chi connectivity index (χ3n) is 4.92. The second-order valence-corrected chi connectivity index (χ2v) is 7.19. The minimum Gasteiger partial charge on any atom is -0.463 e. The molecule has 0 fully saturated rings. The molecular formula is C21H19Cl2N3O3. The molecule has 2 heterocycles. The van der Waals surface area contributed by atoms with E-state index in [2.05, 4.69) is 4.98 Å². The van der Waals surface area contributed by atoms with Crippen molar-refractivity contribution in [2.24, 2.45) is 5.73 Å². The smallest absolute Gasteiger partial charge is 0.338 e. The zero-order valence-corrected chi connectivity index (χ0v) is 17.7. The Bertz CT molecular complexity index is 1120. The molecule has 0 spiro atoms. The van der Waals surface area contributed by atoms with Gasteiger partial charge in [-0.05, 0) is 38.0 Å². The highest BCUT2D eigenvalue weighted by atomic mass is 35.5. The molecule has 0 bridgehead atoms. The van der Waals surface area contributed by atoms with E-state index >= 15 is 0 Å². The molecule has 1 aromatic heterocycles. The molecule has 0 amide bonds. The Morgan fingerprint density at radius 2 is 2.14 bits per heavy atom. The predicted octanol–water partition coefficient (Wildman–Crippen LogP) is 4.37. The van der Waals surface area contributed by atoms with Crippen molar-refractivity contribution in [2.45, 2.75) is 26.7 Å². The zero-order chi connectivity index (χ0) is 21.3. The second kappa shape index (κ2) is 8.32. The highest BCUT2D eigenvalue weighted by Crippen LogP contribution is 2.43. The van der Waals surface area contributed by atoms with Gasteiger partial charge in [0.15, 0.2) is 0 Å². The highest BCUT2D eigenvalue weighted by molar-refractivity contribution is 6.31. The summed E-state index contributed by atoms with van der Waals surface area (Å²) in [7, 11) is 0. The summed E-state index contributed by atoms with van der Waals surface area (Å²) < 4.78 is 10.6. The van der Waals surface area contributed by atoms with Crippen LogP contribution >= 0.6 is 23.2 Å². The van der Waals surface area contributed by atoms with Crippen LogP contribution in [0.3, 0.4) is 0 Å². The first-order chi connectivity index (χ1) is 13.8. The number of aryl methyl sites for hydroxylation is 2. The Hall–Kier alpha value is -2.75. The summed E-state index contributed by atoms with van der Waals surface area (Å²) in [5, 5.41) is 10.7. The zero-order valence-electron chi connectivity index (χ0n) is 16.2. The average Bonchev–Trinajstić information content (AvgIpc) is 2.70. The summed E-state index contributed by atoms with van der Waals surface area (Å²) >= 11 is 12.5. The van der Waals surface area contributed by atoms with E-state index in [1.807, 2.05) is 38.1 Å². The van der Waals surface area contributed by atoms with Crippen LogP contribution in [0.15, 0.2) is 41.0 Å². The molecule has 0 saturated carbocycles. The minimum atomic E-state index is -0.896. The van der Waals surface area contributed by atoms with Crippen molar-refractivity contribution in [3.63, 3.8) is 0 Å². The number of halogens is 2. The predicted molar refractivity (Wildman–Crippen MR) is 111 cm³/mol. The van der Waals surface area contributed by atoms with E-state index in [1.165, 1.54) is 0 Å². The number of aromatic nitrogens is 1. The van der Waals surface area contributed by atoms with Gasteiger partial charge in [0, 0.05) is 10.9 Å². The van der Waals surface area contributed by atoms with Crippen LogP contribution in [-0.2, 0) is 14.3 Å². The third kappa shape index (κ3) is 3.64. The van der Waals surface area contributed by atoms with Crippen molar-refractivity contribution in [3.8, 4) is 6.07 Å². The van der Waals surface area contributed by atoms with E-state index < -0.39 is 11.9 Å². The van der Waals surface area contributed by atoms with Crippen LogP contribution in [0.1, 0.15) is 29.5 Å². The fourth-order valence-electron chi connectivity index (χ4n) is 3.34. The number of esters is 1. The summed E-state index contributed by atoms with van der Waals surface area (Å²) in [6.45, 7) is 5.78. The lowest BCUT2D eigenvalue weighted by Gasteiger charge is -2.28. The van der Waals surface area contributed by atoms with Crippen LogP contribution in [0, 0.1) is 25.2 Å². The van der Waals surface area contributed by atoms with Crippen molar-refractivity contribution >= 4 is 40.1 Å². The van der Waals surface area contributed by atoms with E-state index in [0.29, 0.717) is 5.56 Å². The molecule has 1 aliphatic heterocycles. The average molecular weight is 432 g/mol. The number of allylic oxidation sites excluding steroid dienone is 2. The number of rotatable bonds is 4. The molecule has 0 radical (unpaired) electrons. The topological polar surface area (TPSA) is 98.2 Å². The van der Waals surface area contributed by atoms with Crippen molar-refractivity contribution in [3.05, 3.63) is 62.8 Å². The molecule has 29 heavy (non-hydrogen) atoms. The standard InChI is InChI=1S/C21H19Cl2N3O3/c1-4-28-21(27)17-15(8-22)29-20(25)14(9-24)16(17)13-7-12-6-5-10(2)11(3)18(12)26-19(13)23/h5-7,16H,4,8,25H2,1-3H3. The van der Waals surface area contributed by atoms with Crippen molar-refractivity contribution < 1.29 is 14.3 Å². The van der Waals surface area contributed by atoms with E-state index in [1.54, 1.807) is 6.92 Å². The van der Waals surface area contributed by atoms with Crippen LogP contribution in [0.5, 0.6) is 0 Å². The Morgan fingerprint density at radius 3 is 2.76 bits per heavy atom. The normalized spacial score (nSPS) is 16.6. The Morgan fingerprint density at radius 1 is 1.41 bits per heavy atom. The van der Waals surface area contributed by atoms with Crippen LogP contribution in [0.2, 0.25) is 5.15 Å². The quantitative estimate of drug-likeness (QED) is 0.438. The van der Waals surface area contributed by atoms with Gasteiger partial charge < -0.3 is 15.2 Å². The molecule has 1 unspecified atom stereocenters. The molecule has 8 heteroatoms. The number of fused-ring (bicyclic) bond motifs is 1. The van der Waals surface area contributed by atoms with E-state index in [-0.39, 0.29) is 40.4 Å². The third-order valence-corrected chi connectivity index (χ3v) is 5.46. The van der Waals surface area contributed by atoms with Gasteiger partial charge >= 0.3 is 5.97 Å². The van der Waals surface area contributed by atoms with Crippen LogP contribution in [0.4, 0.5) is 0 Å². The molecular weight excluding hydrogens is 413 g/mol. The van der Waals surface area contributed by atoms with Gasteiger partial charge in [-0.25, -0.2) is 9.78 Å². The molecule has 2 N–H and O–H groups in total. The van der Waals surface area contributed by atoms with E-state index in [0.717, 1.165) is 22.0 Å². The number of benzene rings is 1. The fourth-order valence-corrected chi connectivity index (χ4v) is 3.79. The largest absolute Gasteiger partial charge is 0.463 e. The first-order valence-corrected chi connectivity index (χ1v) is 9.85. The lowest BCUT2D eigenvalue weighted by Crippen LogP contribution is -2.27. The van der Waals surface area contributed by atoms with Gasteiger partial charge in [-0.1, -0.05) is 23.7 Å². The molecule has 1 aliphatic rings. The summed E-state index contributed by atoms with van der Waals surface area (Å²) in [6, 6.07) is 7.73. The summed E-state index contributed by atoms with van der Waals surface area (Å²) in [4.78, 5) is 17.3. The lowest BCUT2D eigenvalue weighted by atomic mass is 9.83. The maximum atomic E-state index is 12.7. The number of alkyl halides is 1. The monoisotopic (exact) mass is 431 g/mol. The maximum Gasteiger partial charge on any atom is 0.338 e. The summed E-state index contributed by atoms with van der Waals surface area (Å²) in [5.41, 5.74) is 9.39. The van der Waals surface area contributed by atoms with Gasteiger partial charge in [-0.2, -0.15) is 5.26 Å². The Kier molecular flexibility index (Phi) is 6.02. The van der Waals surface area contributed by atoms with Crippen LogP contribution in [0.25, 0.3) is 10.9 Å². The number of hydrogen-bond acceptors (Lipinski definition) is 6. The molecule has 150 valence electrons. The van der Waals surface area contributed by atoms with Gasteiger partial charge in [0.2, 0.25) is 5.88 Å². The van der Waals surface area contributed by atoms with E-state index in [4.69, 9.17) is 38.4 Å². The van der Waals surface area contributed by atoms with Gasteiger partial charge in [-0.3, -0.25) is 0 Å². The number of nitrogens with two attached hydrogens (primary N) is 1. The first-order valence-electron chi connectivity index (χ1n) is 8.94. The van der Waals surface area contributed by atoms with Gasteiger partial charge in [0.05, 0.1) is 29.5 Å². The molecule has 6 nitrogen and oxygen atoms in total. The van der Waals surface area contributed by atoms with Crippen LogP contribution < -0.4 is 5.73 Å². The summed E-state index contributed by atoms with van der Waals surface area (Å²) in [6.07, 6.45) is 0. The fraction of sp³-hybridized carbons (Fsp3) is 0.286. The molecule has 0 aliphatic carbocycles. The second-order valence-electron chi connectivity index (χ2n) is 6.56. The molecule has 1 aromatic carbocycles. The van der Waals surface area contributed by atoms with Crippen LogP contribution in [-0.4, -0.2) is 23.4 Å². The maximum absolute atomic E-state index is 12.7. The number of carbonyl (C=O) groups excluding carboxylic acids is 1. The molecule has 2 aromatic rings. The molecule has 0 saturated heterocycles.